The molecule has 10 heteroatoms. The molecule has 2 heterocycles. The summed E-state index contributed by atoms with van der Waals surface area (Å²) in [6.45, 7) is 1.72. The molecular formula is C18H19FN4O4S. The number of rotatable bonds is 6. The number of pyridine rings is 1. The molecule has 0 spiro atoms. The molecule has 2 aromatic heterocycles. The molecule has 8 nitrogen and oxygen atoms in total. The van der Waals surface area contributed by atoms with Gasteiger partial charge in [-0.15, -0.1) is 0 Å². The number of hydrogen-bond donors (Lipinski definition) is 3. The molecule has 3 N–H and O–H groups in total. The largest absolute Gasteiger partial charge is 0.506 e. The number of carbonyl (C=O) groups excluding carboxylic acids is 1. The van der Waals surface area contributed by atoms with Crippen LogP contribution in [0.3, 0.4) is 0 Å². The molecule has 148 valence electrons. The number of benzene rings is 1. The van der Waals surface area contributed by atoms with Crippen LogP contribution in [0.4, 0.5) is 10.1 Å². The van der Waals surface area contributed by atoms with E-state index in [1.54, 1.807) is 6.92 Å². The lowest BCUT2D eigenvalue weighted by atomic mass is 10.1. The Morgan fingerprint density at radius 2 is 1.96 bits per heavy atom. The van der Waals surface area contributed by atoms with Gasteiger partial charge in [0.1, 0.15) is 22.9 Å². The maximum atomic E-state index is 13.3. The predicted molar refractivity (Wildman–Crippen MR) is 103 cm³/mol. The molecule has 0 aliphatic carbocycles. The lowest BCUT2D eigenvalue weighted by Crippen LogP contribution is -2.18. The van der Waals surface area contributed by atoms with Crippen LogP contribution in [0.25, 0.3) is 16.8 Å². The number of amides is 1. The summed E-state index contributed by atoms with van der Waals surface area (Å²) >= 11 is 0. The lowest BCUT2D eigenvalue weighted by molar-refractivity contribution is 0.0965. The van der Waals surface area contributed by atoms with E-state index in [1.165, 1.54) is 48.1 Å². The highest BCUT2D eigenvalue weighted by molar-refractivity contribution is 7.92. The quantitative estimate of drug-likeness (QED) is 0.582. The zero-order valence-electron chi connectivity index (χ0n) is 15.2. The fourth-order valence-electron chi connectivity index (χ4n) is 2.80. The molecule has 3 aromatic rings. The topological polar surface area (TPSA) is 113 Å². The summed E-state index contributed by atoms with van der Waals surface area (Å²) in [6, 6.07) is 6.71. The molecule has 0 unspecified atom stereocenters. The van der Waals surface area contributed by atoms with Crippen molar-refractivity contribution in [3.05, 3.63) is 47.9 Å². The normalized spacial score (nSPS) is 11.5. The maximum Gasteiger partial charge on any atom is 0.255 e. The van der Waals surface area contributed by atoms with Gasteiger partial charge in [0.05, 0.1) is 23.0 Å². The van der Waals surface area contributed by atoms with Crippen molar-refractivity contribution < 1.29 is 22.7 Å². The fourth-order valence-corrected chi connectivity index (χ4v) is 3.94. The van der Waals surface area contributed by atoms with E-state index in [1.807, 2.05) is 0 Å². The number of nitrogens with zero attached hydrogens (tertiary/aromatic N) is 2. The van der Waals surface area contributed by atoms with Crippen molar-refractivity contribution in [2.24, 2.45) is 0 Å². The van der Waals surface area contributed by atoms with E-state index in [9.17, 15) is 22.7 Å². The lowest BCUT2D eigenvalue weighted by Gasteiger charge is -2.09. The Hall–Kier alpha value is -3.14. The van der Waals surface area contributed by atoms with E-state index in [0.29, 0.717) is 12.0 Å². The Kier molecular flexibility index (Phi) is 5.23. The molecule has 0 radical (unpaired) electrons. The third-order valence-electron chi connectivity index (χ3n) is 4.06. The highest BCUT2D eigenvalue weighted by Gasteiger charge is 2.22. The minimum absolute atomic E-state index is 0.0578. The van der Waals surface area contributed by atoms with Gasteiger partial charge >= 0.3 is 0 Å². The average molecular weight is 406 g/mol. The maximum absolute atomic E-state index is 13.3. The number of hydrogen-bond acceptors (Lipinski definition) is 5. The van der Waals surface area contributed by atoms with Crippen LogP contribution in [0.15, 0.2) is 36.5 Å². The number of carbonyl (C=O) groups is 1. The number of aromatic hydroxyl groups is 1. The number of nitrogens with one attached hydrogen (secondary N) is 2. The van der Waals surface area contributed by atoms with Crippen molar-refractivity contribution in [2.75, 3.05) is 17.5 Å². The van der Waals surface area contributed by atoms with Crippen LogP contribution in [-0.2, 0) is 10.0 Å². The Labute approximate surface area is 161 Å². The van der Waals surface area contributed by atoms with Gasteiger partial charge in [-0.1, -0.05) is 6.92 Å². The molecule has 0 aliphatic heterocycles. The molecule has 28 heavy (non-hydrogen) atoms. The van der Waals surface area contributed by atoms with Crippen molar-refractivity contribution in [1.29, 1.82) is 0 Å². The van der Waals surface area contributed by atoms with E-state index in [2.05, 4.69) is 15.1 Å². The van der Waals surface area contributed by atoms with Gasteiger partial charge in [-0.3, -0.25) is 9.52 Å². The Morgan fingerprint density at radius 1 is 1.29 bits per heavy atom. The smallest absolute Gasteiger partial charge is 0.255 e. The van der Waals surface area contributed by atoms with Crippen LogP contribution < -0.4 is 10.0 Å². The summed E-state index contributed by atoms with van der Waals surface area (Å²) in [4.78, 5) is 12.4. The first-order valence-corrected chi connectivity index (χ1v) is 10.1. The third-order valence-corrected chi connectivity index (χ3v) is 5.53. The van der Waals surface area contributed by atoms with Gasteiger partial charge in [0, 0.05) is 18.7 Å². The second-order valence-corrected chi connectivity index (χ2v) is 7.97. The Bertz CT molecular complexity index is 1140. The second-order valence-electron chi connectivity index (χ2n) is 6.13. The fraction of sp³-hybridized carbons (Fsp3) is 0.222. The number of anilines is 1. The average Bonchev–Trinajstić information content (AvgIpc) is 2.99. The third kappa shape index (κ3) is 3.77. The minimum Gasteiger partial charge on any atom is -0.506 e. The van der Waals surface area contributed by atoms with Crippen LogP contribution in [0.5, 0.6) is 5.75 Å². The molecule has 1 aromatic carbocycles. The van der Waals surface area contributed by atoms with Crippen LogP contribution in [0, 0.1) is 5.82 Å². The van der Waals surface area contributed by atoms with E-state index in [4.69, 9.17) is 0 Å². The van der Waals surface area contributed by atoms with Gasteiger partial charge in [-0.25, -0.2) is 17.3 Å². The highest BCUT2D eigenvalue weighted by atomic mass is 32.2. The molecular weight excluding hydrogens is 387 g/mol. The summed E-state index contributed by atoms with van der Waals surface area (Å²) in [5.41, 5.74) is 1.16. The first-order valence-electron chi connectivity index (χ1n) is 8.49. The van der Waals surface area contributed by atoms with E-state index in [0.717, 1.165) is 0 Å². The summed E-state index contributed by atoms with van der Waals surface area (Å²) in [6.07, 6.45) is 1.70. The van der Waals surface area contributed by atoms with Crippen molar-refractivity contribution in [2.45, 2.75) is 13.3 Å². The Morgan fingerprint density at radius 3 is 2.57 bits per heavy atom. The number of sulfonamides is 1. The SMILES string of the molecule is CCCS(=O)(=O)Nc1cn2nc(-c3ccc(F)cc3)c(C(=O)NC)c2cc1O. The number of aromatic nitrogens is 2. The molecule has 1 amide bonds. The monoisotopic (exact) mass is 406 g/mol. The second kappa shape index (κ2) is 7.47. The van der Waals surface area contributed by atoms with E-state index in [-0.39, 0.29) is 34.0 Å². The summed E-state index contributed by atoms with van der Waals surface area (Å²) in [5.74, 6) is -1.33. The van der Waals surface area contributed by atoms with Crippen LogP contribution in [0.1, 0.15) is 23.7 Å². The van der Waals surface area contributed by atoms with Crippen LogP contribution in [0.2, 0.25) is 0 Å². The first-order chi connectivity index (χ1) is 13.3. The molecule has 3 rings (SSSR count). The van der Waals surface area contributed by atoms with Crippen molar-refractivity contribution in [3.63, 3.8) is 0 Å². The standard InChI is InChI=1S/C18H19FN4O4S/c1-3-8-28(26,27)22-13-10-23-14(9-15(13)24)16(18(25)20-2)17(21-23)11-4-6-12(19)7-5-11/h4-7,9-10,22,24H,3,8H2,1-2H3,(H,20,25). The summed E-state index contributed by atoms with van der Waals surface area (Å²) in [7, 11) is -2.18. The predicted octanol–water partition coefficient (Wildman–Crippen LogP) is 2.36. The zero-order chi connectivity index (χ0) is 20.5. The molecule has 0 saturated carbocycles. The minimum atomic E-state index is -3.63. The first kappa shape index (κ1) is 19.6. The van der Waals surface area contributed by atoms with Crippen molar-refractivity contribution in [3.8, 4) is 17.0 Å². The molecule has 0 saturated heterocycles. The van der Waals surface area contributed by atoms with E-state index >= 15 is 0 Å². The highest BCUT2D eigenvalue weighted by Crippen LogP contribution is 2.32. The van der Waals surface area contributed by atoms with Crippen LogP contribution >= 0.6 is 0 Å². The van der Waals surface area contributed by atoms with E-state index < -0.39 is 21.7 Å². The molecule has 0 atom stereocenters. The molecule has 0 bridgehead atoms. The van der Waals surface area contributed by atoms with Crippen molar-refractivity contribution >= 4 is 27.1 Å². The zero-order valence-corrected chi connectivity index (χ0v) is 16.0. The molecule has 0 aliphatic rings. The number of halogens is 1. The van der Waals surface area contributed by atoms with Gasteiger partial charge in [0.15, 0.2) is 0 Å². The molecule has 0 fully saturated rings. The van der Waals surface area contributed by atoms with Crippen LogP contribution in [-0.4, -0.2) is 41.8 Å². The van der Waals surface area contributed by atoms with Gasteiger partial charge in [0.2, 0.25) is 10.0 Å². The summed E-state index contributed by atoms with van der Waals surface area (Å²) < 4.78 is 40.9. The van der Waals surface area contributed by atoms with Gasteiger partial charge in [-0.2, -0.15) is 5.10 Å². The Balaban J connectivity index is 2.19. The summed E-state index contributed by atoms with van der Waals surface area (Å²) in [5, 5.41) is 17.1. The van der Waals surface area contributed by atoms with Gasteiger partial charge in [0.25, 0.3) is 5.91 Å². The number of fused-ring (bicyclic) bond motifs is 1. The van der Waals surface area contributed by atoms with Crippen molar-refractivity contribution in [1.82, 2.24) is 14.9 Å². The van der Waals surface area contributed by atoms with Gasteiger partial charge < -0.3 is 10.4 Å². The van der Waals surface area contributed by atoms with Gasteiger partial charge in [-0.05, 0) is 30.7 Å².